The molecule has 0 spiro atoms. The Kier molecular flexibility index (Phi) is 2.68. The molecule has 1 atom stereocenters. The summed E-state index contributed by atoms with van der Waals surface area (Å²) >= 11 is 0. The first-order valence-electron chi connectivity index (χ1n) is 3.60. The first-order valence-corrected chi connectivity index (χ1v) is 3.60. The molecule has 1 aliphatic heterocycles. The molecule has 0 radical (unpaired) electrons. The smallest absolute Gasteiger partial charge is 0.293 e. The predicted octanol–water partition coefficient (Wildman–Crippen LogP) is 0.254. The zero-order valence-electron chi connectivity index (χ0n) is 6.25. The van der Waals surface area contributed by atoms with Gasteiger partial charge in [-0.3, -0.25) is 4.79 Å². The summed E-state index contributed by atoms with van der Waals surface area (Å²) in [7, 11) is 2.06. The van der Waals surface area contributed by atoms with Crippen molar-refractivity contribution in [2.24, 2.45) is 0 Å². The summed E-state index contributed by atoms with van der Waals surface area (Å²) in [6.45, 7) is 2.21. The predicted molar refractivity (Wildman–Crippen MR) is 37.7 cm³/mol. The van der Waals surface area contributed by atoms with Crippen LogP contribution in [0.25, 0.3) is 0 Å². The van der Waals surface area contributed by atoms with Crippen molar-refractivity contribution in [3.05, 3.63) is 0 Å². The maximum absolute atomic E-state index is 9.83. The van der Waals surface area contributed by atoms with E-state index in [1.165, 1.54) is 6.42 Å². The molecule has 0 unspecified atom stereocenters. The highest BCUT2D eigenvalue weighted by molar-refractivity contribution is 5.36. The van der Waals surface area contributed by atoms with Crippen molar-refractivity contribution in [3.8, 4) is 0 Å². The van der Waals surface area contributed by atoms with E-state index >= 15 is 0 Å². The SMILES string of the molecule is CN1CCC[C@H]1COC=O. The highest BCUT2D eigenvalue weighted by atomic mass is 16.5. The molecule has 0 aliphatic carbocycles. The molecule has 1 fully saturated rings. The monoisotopic (exact) mass is 143 g/mol. The lowest BCUT2D eigenvalue weighted by atomic mass is 10.2. The van der Waals surface area contributed by atoms with Crippen LogP contribution in [0.3, 0.4) is 0 Å². The van der Waals surface area contributed by atoms with Crippen molar-refractivity contribution in [3.63, 3.8) is 0 Å². The van der Waals surface area contributed by atoms with Crippen LogP contribution in [0.5, 0.6) is 0 Å². The van der Waals surface area contributed by atoms with Crippen molar-refractivity contribution >= 4 is 6.47 Å². The largest absolute Gasteiger partial charge is 0.466 e. The molecule has 0 N–H and O–H groups in total. The summed E-state index contributed by atoms with van der Waals surface area (Å²) in [5.41, 5.74) is 0. The molecule has 0 saturated carbocycles. The topological polar surface area (TPSA) is 29.5 Å². The highest BCUT2D eigenvalue weighted by Crippen LogP contribution is 2.13. The van der Waals surface area contributed by atoms with Crippen molar-refractivity contribution < 1.29 is 9.53 Å². The highest BCUT2D eigenvalue weighted by Gasteiger charge is 2.20. The molecule has 58 valence electrons. The Morgan fingerprint density at radius 1 is 1.80 bits per heavy atom. The van der Waals surface area contributed by atoms with Gasteiger partial charge in [0.25, 0.3) is 6.47 Å². The molecule has 1 aliphatic rings. The zero-order chi connectivity index (χ0) is 7.40. The Labute approximate surface area is 61.0 Å². The molecule has 1 saturated heterocycles. The molecule has 1 rings (SSSR count). The van der Waals surface area contributed by atoms with E-state index in [-0.39, 0.29) is 0 Å². The van der Waals surface area contributed by atoms with E-state index in [4.69, 9.17) is 0 Å². The van der Waals surface area contributed by atoms with Crippen molar-refractivity contribution in [2.45, 2.75) is 18.9 Å². The number of carbonyl (C=O) groups excluding carboxylic acids is 1. The first-order chi connectivity index (χ1) is 4.84. The number of hydrogen-bond acceptors (Lipinski definition) is 3. The maximum Gasteiger partial charge on any atom is 0.293 e. The molecule has 3 heteroatoms. The van der Waals surface area contributed by atoms with Gasteiger partial charge in [0, 0.05) is 6.04 Å². The fourth-order valence-electron chi connectivity index (χ4n) is 1.34. The van der Waals surface area contributed by atoms with Crippen LogP contribution >= 0.6 is 0 Å². The van der Waals surface area contributed by atoms with E-state index in [1.54, 1.807) is 0 Å². The van der Waals surface area contributed by atoms with Crippen LogP contribution in [-0.4, -0.2) is 37.6 Å². The van der Waals surface area contributed by atoms with Gasteiger partial charge in [-0.15, -0.1) is 0 Å². The Morgan fingerprint density at radius 3 is 3.10 bits per heavy atom. The van der Waals surface area contributed by atoms with E-state index in [0.29, 0.717) is 19.1 Å². The van der Waals surface area contributed by atoms with Crippen molar-refractivity contribution in [1.29, 1.82) is 0 Å². The number of likely N-dealkylation sites (N-methyl/N-ethyl adjacent to an activating group) is 1. The van der Waals surface area contributed by atoms with Crippen LogP contribution in [-0.2, 0) is 9.53 Å². The Hall–Kier alpha value is -0.570. The van der Waals surface area contributed by atoms with Crippen LogP contribution in [0.15, 0.2) is 0 Å². The van der Waals surface area contributed by atoms with Gasteiger partial charge in [0.2, 0.25) is 0 Å². The van der Waals surface area contributed by atoms with Crippen LogP contribution in [0, 0.1) is 0 Å². The van der Waals surface area contributed by atoms with Gasteiger partial charge in [-0.2, -0.15) is 0 Å². The minimum absolute atomic E-state index is 0.463. The molecular formula is C7H13NO2. The zero-order valence-corrected chi connectivity index (χ0v) is 6.25. The molecule has 0 amide bonds. The summed E-state index contributed by atoms with van der Waals surface area (Å²) in [6.07, 6.45) is 2.38. The van der Waals surface area contributed by atoms with E-state index < -0.39 is 0 Å². The molecule has 0 bridgehead atoms. The lowest BCUT2D eigenvalue weighted by Gasteiger charge is -2.17. The summed E-state index contributed by atoms with van der Waals surface area (Å²) in [6, 6.07) is 0.463. The van der Waals surface area contributed by atoms with Gasteiger partial charge in [-0.1, -0.05) is 0 Å². The molecular weight excluding hydrogens is 130 g/mol. The van der Waals surface area contributed by atoms with Gasteiger partial charge in [-0.05, 0) is 26.4 Å². The summed E-state index contributed by atoms with van der Waals surface area (Å²) < 4.78 is 4.67. The number of carbonyl (C=O) groups is 1. The first kappa shape index (κ1) is 7.54. The molecule has 1 heterocycles. The van der Waals surface area contributed by atoms with E-state index in [2.05, 4.69) is 16.7 Å². The third-order valence-electron chi connectivity index (χ3n) is 2.03. The average Bonchev–Trinajstić information content (AvgIpc) is 2.31. The van der Waals surface area contributed by atoms with Gasteiger partial charge in [0.15, 0.2) is 0 Å². The number of ether oxygens (including phenoxy) is 1. The van der Waals surface area contributed by atoms with Crippen molar-refractivity contribution in [1.82, 2.24) is 4.90 Å². The standard InChI is InChI=1S/C7H13NO2/c1-8-4-2-3-7(8)5-10-6-9/h6-7H,2-5H2,1H3/t7-/m0/s1. The number of hydrogen-bond donors (Lipinski definition) is 0. The maximum atomic E-state index is 9.83. The normalized spacial score (nSPS) is 26.7. The van der Waals surface area contributed by atoms with Gasteiger partial charge < -0.3 is 9.64 Å². The fourth-order valence-corrected chi connectivity index (χ4v) is 1.34. The Balaban J connectivity index is 2.19. The number of likely N-dealkylation sites (tertiary alicyclic amines) is 1. The van der Waals surface area contributed by atoms with E-state index in [0.717, 1.165) is 13.0 Å². The second kappa shape index (κ2) is 3.56. The number of rotatable bonds is 3. The fraction of sp³-hybridized carbons (Fsp3) is 0.857. The van der Waals surface area contributed by atoms with E-state index in [1.807, 2.05) is 0 Å². The second-order valence-corrected chi connectivity index (χ2v) is 2.71. The summed E-state index contributed by atoms with van der Waals surface area (Å²) in [5, 5.41) is 0. The third kappa shape index (κ3) is 1.70. The quantitative estimate of drug-likeness (QED) is 0.530. The summed E-state index contributed by atoms with van der Waals surface area (Å²) in [4.78, 5) is 12.1. The molecule has 0 aromatic heterocycles. The molecule has 0 aromatic carbocycles. The van der Waals surface area contributed by atoms with Gasteiger partial charge >= 0.3 is 0 Å². The average molecular weight is 143 g/mol. The number of nitrogens with zero attached hydrogens (tertiary/aromatic N) is 1. The van der Waals surface area contributed by atoms with Crippen LogP contribution in [0.1, 0.15) is 12.8 Å². The van der Waals surface area contributed by atoms with Gasteiger partial charge in [0.05, 0.1) is 0 Å². The van der Waals surface area contributed by atoms with E-state index in [9.17, 15) is 4.79 Å². The van der Waals surface area contributed by atoms with Crippen LogP contribution in [0.2, 0.25) is 0 Å². The van der Waals surface area contributed by atoms with Crippen LogP contribution in [0.4, 0.5) is 0 Å². The second-order valence-electron chi connectivity index (χ2n) is 2.71. The lowest BCUT2D eigenvalue weighted by Crippen LogP contribution is -2.29. The summed E-state index contributed by atoms with van der Waals surface area (Å²) in [5.74, 6) is 0. The molecule has 0 aromatic rings. The molecule has 3 nitrogen and oxygen atoms in total. The van der Waals surface area contributed by atoms with Crippen molar-refractivity contribution in [2.75, 3.05) is 20.2 Å². The minimum Gasteiger partial charge on any atom is -0.466 e. The molecule has 10 heavy (non-hydrogen) atoms. The minimum atomic E-state index is 0.463. The van der Waals surface area contributed by atoms with Gasteiger partial charge in [-0.25, -0.2) is 0 Å². The van der Waals surface area contributed by atoms with Gasteiger partial charge in [0.1, 0.15) is 6.61 Å². The third-order valence-corrected chi connectivity index (χ3v) is 2.03. The lowest BCUT2D eigenvalue weighted by molar-refractivity contribution is -0.129. The Bertz CT molecular complexity index is 116. The Morgan fingerprint density at radius 2 is 2.60 bits per heavy atom. The van der Waals surface area contributed by atoms with Crippen LogP contribution < -0.4 is 0 Å².